The molecule has 3 aromatic rings. The van der Waals surface area contributed by atoms with Crippen LogP contribution in [0.3, 0.4) is 0 Å². The number of hydrogen-bond acceptors (Lipinski definition) is 5. The third-order valence-corrected chi connectivity index (χ3v) is 6.64. The summed E-state index contributed by atoms with van der Waals surface area (Å²) in [5.41, 5.74) is 2.07. The Morgan fingerprint density at radius 3 is 2.58 bits per heavy atom. The van der Waals surface area contributed by atoms with Gasteiger partial charge in [-0.1, -0.05) is 49.4 Å². The molecule has 0 bridgehead atoms. The normalized spacial score (nSPS) is 17.6. The Bertz CT molecular complexity index is 1010. The van der Waals surface area contributed by atoms with Crippen LogP contribution in [0, 0.1) is 5.82 Å². The Labute approximate surface area is 186 Å². The minimum atomic E-state index is -0.241. The van der Waals surface area contributed by atoms with Crippen LogP contribution in [0.1, 0.15) is 43.1 Å². The van der Waals surface area contributed by atoms with Crippen molar-refractivity contribution in [2.24, 2.45) is 0 Å². The first-order valence-electron chi connectivity index (χ1n) is 10.7. The zero-order valence-corrected chi connectivity index (χ0v) is 18.7. The highest BCUT2D eigenvalue weighted by Crippen LogP contribution is 2.27. The number of carbonyl (C=O) groups is 1. The number of nitrogens with zero attached hydrogens (tertiary/aromatic N) is 4. The fourth-order valence-electron chi connectivity index (χ4n) is 4.13. The molecule has 7 heteroatoms. The van der Waals surface area contributed by atoms with Crippen molar-refractivity contribution in [3.8, 4) is 0 Å². The molecule has 0 spiro atoms. The second-order valence-electron chi connectivity index (χ2n) is 7.99. The van der Waals surface area contributed by atoms with E-state index in [1.165, 1.54) is 23.7 Å². The highest BCUT2D eigenvalue weighted by molar-refractivity contribution is 7.09. The summed E-state index contributed by atoms with van der Waals surface area (Å²) in [5, 5.41) is 0.881. The second-order valence-corrected chi connectivity index (χ2v) is 8.72. The van der Waals surface area contributed by atoms with E-state index in [0.29, 0.717) is 13.0 Å². The zero-order valence-electron chi connectivity index (χ0n) is 17.9. The number of hydrogen-bond donors (Lipinski definition) is 0. The van der Waals surface area contributed by atoms with Crippen molar-refractivity contribution < 1.29 is 9.18 Å². The molecular formula is C24H27FN4OS. The maximum atomic E-state index is 13.3. The molecule has 0 N–H and O–H groups in total. The lowest BCUT2D eigenvalue weighted by molar-refractivity contribution is -0.135. The maximum Gasteiger partial charge on any atom is 0.230 e. The minimum absolute atomic E-state index is 0.0981. The number of carbonyl (C=O) groups excluding carboxylic acids is 1. The van der Waals surface area contributed by atoms with Crippen LogP contribution in [0.4, 0.5) is 9.52 Å². The molecule has 2 unspecified atom stereocenters. The number of aromatic nitrogens is 2. The van der Waals surface area contributed by atoms with E-state index >= 15 is 0 Å². The van der Waals surface area contributed by atoms with E-state index in [2.05, 4.69) is 23.1 Å². The average molecular weight is 439 g/mol. The fourth-order valence-corrected chi connectivity index (χ4v) is 4.85. The predicted molar refractivity (Wildman–Crippen MR) is 122 cm³/mol. The van der Waals surface area contributed by atoms with E-state index in [-0.39, 0.29) is 23.7 Å². The molecule has 0 aliphatic carbocycles. The van der Waals surface area contributed by atoms with Crippen molar-refractivity contribution in [3.05, 3.63) is 77.4 Å². The van der Waals surface area contributed by atoms with E-state index in [1.54, 1.807) is 12.1 Å². The van der Waals surface area contributed by atoms with Crippen molar-refractivity contribution >= 4 is 22.6 Å². The highest BCUT2D eigenvalue weighted by atomic mass is 32.1. The molecule has 5 nitrogen and oxygen atoms in total. The number of anilines is 1. The first-order chi connectivity index (χ1) is 15.0. The smallest absolute Gasteiger partial charge is 0.230 e. The van der Waals surface area contributed by atoms with Gasteiger partial charge >= 0.3 is 0 Å². The molecule has 31 heavy (non-hydrogen) atoms. The van der Waals surface area contributed by atoms with Crippen LogP contribution >= 0.6 is 11.5 Å². The van der Waals surface area contributed by atoms with Gasteiger partial charge in [-0.3, -0.25) is 4.79 Å². The number of piperazine rings is 1. The van der Waals surface area contributed by atoms with Gasteiger partial charge in [0.05, 0.1) is 5.92 Å². The van der Waals surface area contributed by atoms with Gasteiger partial charge in [-0.2, -0.15) is 4.37 Å². The van der Waals surface area contributed by atoms with E-state index in [0.717, 1.165) is 41.6 Å². The van der Waals surface area contributed by atoms with E-state index in [4.69, 9.17) is 4.98 Å². The van der Waals surface area contributed by atoms with Crippen molar-refractivity contribution in [2.75, 3.05) is 24.5 Å². The van der Waals surface area contributed by atoms with Crippen molar-refractivity contribution in [2.45, 2.75) is 38.6 Å². The van der Waals surface area contributed by atoms with Gasteiger partial charge in [0.15, 0.2) is 0 Å². The van der Waals surface area contributed by atoms with Crippen molar-refractivity contribution in [3.63, 3.8) is 0 Å². The molecule has 162 valence electrons. The van der Waals surface area contributed by atoms with E-state index in [9.17, 15) is 9.18 Å². The predicted octanol–water partition coefficient (Wildman–Crippen LogP) is 4.50. The monoisotopic (exact) mass is 438 g/mol. The third-order valence-electron chi connectivity index (χ3n) is 5.82. The van der Waals surface area contributed by atoms with E-state index in [1.807, 2.05) is 35.2 Å². The summed E-state index contributed by atoms with van der Waals surface area (Å²) in [4.78, 5) is 22.2. The second kappa shape index (κ2) is 9.56. The molecule has 2 aromatic carbocycles. The minimum Gasteiger partial charge on any atom is -0.343 e. The SMILES string of the molecule is CCC(C(=O)N1CCN(c2nc(Cc3ccc(F)cc3)ns2)CC1C)c1ccccc1. The van der Waals surface area contributed by atoms with Gasteiger partial charge in [0.25, 0.3) is 0 Å². The first kappa shape index (κ1) is 21.4. The van der Waals surface area contributed by atoms with Gasteiger partial charge in [0.2, 0.25) is 11.0 Å². The third kappa shape index (κ3) is 4.93. The van der Waals surface area contributed by atoms with Crippen LogP contribution in [-0.2, 0) is 11.2 Å². The lowest BCUT2D eigenvalue weighted by Gasteiger charge is -2.41. The van der Waals surface area contributed by atoms with Gasteiger partial charge in [-0.25, -0.2) is 9.37 Å². The van der Waals surface area contributed by atoms with Crippen molar-refractivity contribution in [1.29, 1.82) is 0 Å². The van der Waals surface area contributed by atoms with Crippen LogP contribution < -0.4 is 4.90 Å². The van der Waals surface area contributed by atoms with Crippen LogP contribution in [0.2, 0.25) is 0 Å². The van der Waals surface area contributed by atoms with Gasteiger partial charge in [0.1, 0.15) is 11.6 Å². The topological polar surface area (TPSA) is 49.3 Å². The number of rotatable bonds is 6. The summed E-state index contributed by atoms with van der Waals surface area (Å²) in [6.45, 7) is 6.33. The van der Waals surface area contributed by atoms with Gasteiger partial charge in [0, 0.05) is 43.6 Å². The molecule has 1 aromatic heterocycles. The fraction of sp³-hybridized carbons (Fsp3) is 0.375. The summed E-state index contributed by atoms with van der Waals surface area (Å²) in [7, 11) is 0. The molecule has 2 atom stereocenters. The maximum absolute atomic E-state index is 13.3. The number of amides is 1. The summed E-state index contributed by atoms with van der Waals surface area (Å²) < 4.78 is 17.6. The van der Waals surface area contributed by atoms with Gasteiger partial charge < -0.3 is 9.80 Å². The molecular weight excluding hydrogens is 411 g/mol. The van der Waals surface area contributed by atoms with Crippen LogP contribution in [0.25, 0.3) is 0 Å². The standard InChI is InChI=1S/C24H27FN4OS/c1-3-21(19-7-5-4-6-8-19)23(30)29-14-13-28(16-17(29)2)24-26-22(27-31-24)15-18-9-11-20(25)12-10-18/h4-12,17,21H,3,13-16H2,1-2H3. The first-order valence-corrected chi connectivity index (χ1v) is 11.5. The largest absolute Gasteiger partial charge is 0.343 e. The summed E-state index contributed by atoms with van der Waals surface area (Å²) in [6.07, 6.45) is 1.37. The molecule has 4 rings (SSSR count). The van der Waals surface area contributed by atoms with Crippen LogP contribution in [0.15, 0.2) is 54.6 Å². The lowest BCUT2D eigenvalue weighted by atomic mass is 9.94. The molecule has 2 heterocycles. The summed E-state index contributed by atoms with van der Waals surface area (Å²) in [6, 6.07) is 16.6. The van der Waals surface area contributed by atoms with E-state index < -0.39 is 0 Å². The molecule has 1 fully saturated rings. The van der Waals surface area contributed by atoms with Crippen molar-refractivity contribution in [1.82, 2.24) is 14.3 Å². The lowest BCUT2D eigenvalue weighted by Crippen LogP contribution is -2.55. The Morgan fingerprint density at radius 1 is 1.16 bits per heavy atom. The molecule has 0 saturated carbocycles. The molecule has 1 aliphatic rings. The van der Waals surface area contributed by atoms with Gasteiger partial charge in [-0.05, 0) is 36.6 Å². The molecule has 0 radical (unpaired) electrons. The summed E-state index contributed by atoms with van der Waals surface area (Å²) >= 11 is 1.39. The Kier molecular flexibility index (Phi) is 6.61. The molecule has 1 saturated heterocycles. The highest BCUT2D eigenvalue weighted by Gasteiger charge is 2.32. The average Bonchev–Trinajstić information content (AvgIpc) is 3.25. The van der Waals surface area contributed by atoms with Crippen LogP contribution in [-0.4, -0.2) is 45.8 Å². The summed E-state index contributed by atoms with van der Waals surface area (Å²) in [5.74, 6) is 0.608. The Morgan fingerprint density at radius 2 is 1.90 bits per heavy atom. The number of benzene rings is 2. The molecule has 1 amide bonds. The molecule has 1 aliphatic heterocycles. The van der Waals surface area contributed by atoms with Gasteiger partial charge in [-0.15, -0.1) is 0 Å². The number of halogens is 1. The Balaban J connectivity index is 1.39. The quantitative estimate of drug-likeness (QED) is 0.569. The Hall–Kier alpha value is -2.80. The zero-order chi connectivity index (χ0) is 21.8. The van der Waals surface area contributed by atoms with Crippen LogP contribution in [0.5, 0.6) is 0 Å².